The molecular formula is C18H15BrN4O2. The number of hydrogen-bond acceptors (Lipinski definition) is 4. The third-order valence-electron chi connectivity index (χ3n) is 3.47. The largest absolute Gasteiger partial charge is 0.497 e. The first-order valence-electron chi connectivity index (χ1n) is 7.45. The Balaban J connectivity index is 1.65. The van der Waals surface area contributed by atoms with Crippen LogP contribution in [0.1, 0.15) is 16.1 Å². The predicted molar refractivity (Wildman–Crippen MR) is 99.8 cm³/mol. The molecule has 3 rings (SSSR count). The Hall–Kier alpha value is -2.93. The maximum atomic E-state index is 12.1. The monoisotopic (exact) mass is 398 g/mol. The summed E-state index contributed by atoms with van der Waals surface area (Å²) in [6, 6.07) is 16.7. The first kappa shape index (κ1) is 16.9. The Morgan fingerprint density at radius 1 is 1.24 bits per heavy atom. The summed E-state index contributed by atoms with van der Waals surface area (Å²) < 4.78 is 6.00. The minimum atomic E-state index is -0.365. The molecule has 3 aromatic rings. The van der Waals surface area contributed by atoms with Gasteiger partial charge >= 0.3 is 0 Å². The lowest BCUT2D eigenvalue weighted by Crippen LogP contribution is -2.17. The van der Waals surface area contributed by atoms with E-state index < -0.39 is 0 Å². The number of ether oxygens (including phenoxy) is 1. The number of rotatable bonds is 5. The summed E-state index contributed by atoms with van der Waals surface area (Å²) in [5.41, 5.74) is 5.23. The number of methoxy groups -OCH3 is 1. The molecule has 0 unspecified atom stereocenters. The van der Waals surface area contributed by atoms with Gasteiger partial charge in [-0.15, -0.1) is 0 Å². The molecule has 0 aliphatic heterocycles. The molecule has 0 bridgehead atoms. The molecule has 7 heteroatoms. The summed E-state index contributed by atoms with van der Waals surface area (Å²) in [7, 11) is 1.61. The molecule has 0 radical (unpaired) electrons. The predicted octanol–water partition coefficient (Wildman–Crippen LogP) is 3.61. The van der Waals surface area contributed by atoms with Crippen molar-refractivity contribution in [3.8, 4) is 17.0 Å². The van der Waals surface area contributed by atoms with Gasteiger partial charge in [0.05, 0.1) is 19.0 Å². The van der Waals surface area contributed by atoms with Gasteiger partial charge in [0.15, 0.2) is 0 Å². The van der Waals surface area contributed by atoms with Crippen LogP contribution in [0.4, 0.5) is 0 Å². The Kier molecular flexibility index (Phi) is 5.25. The maximum Gasteiger partial charge on any atom is 0.289 e. The maximum absolute atomic E-state index is 12.1. The van der Waals surface area contributed by atoms with Crippen LogP contribution in [-0.4, -0.2) is 29.4 Å². The number of carbonyl (C=O) groups excluding carboxylic acids is 1. The van der Waals surface area contributed by atoms with Gasteiger partial charge in [0.2, 0.25) is 0 Å². The van der Waals surface area contributed by atoms with Crippen LogP contribution in [0, 0.1) is 0 Å². The average molecular weight is 399 g/mol. The molecule has 126 valence electrons. The summed E-state index contributed by atoms with van der Waals surface area (Å²) in [6.07, 6.45) is 1.56. The summed E-state index contributed by atoms with van der Waals surface area (Å²) in [5.74, 6) is 0.397. The zero-order chi connectivity index (χ0) is 17.6. The summed E-state index contributed by atoms with van der Waals surface area (Å²) in [4.78, 5) is 12.1. The zero-order valence-corrected chi connectivity index (χ0v) is 14.9. The molecule has 0 spiro atoms. The van der Waals surface area contributed by atoms with Crippen LogP contribution in [0.2, 0.25) is 0 Å². The van der Waals surface area contributed by atoms with Gasteiger partial charge in [-0.2, -0.15) is 10.2 Å². The molecule has 25 heavy (non-hydrogen) atoms. The lowest BCUT2D eigenvalue weighted by molar-refractivity contribution is 0.0950. The van der Waals surface area contributed by atoms with E-state index in [0.717, 1.165) is 21.3 Å². The standard InChI is InChI=1S/C18H15BrN4O2/c1-25-13-8-6-12(7-9-13)11-20-23-18(24)17-10-16(21-22-17)14-4-2-3-5-15(14)19/h2-11H,1H3,(H,21,22)(H,23,24)/b20-11+. The normalized spacial score (nSPS) is 10.8. The lowest BCUT2D eigenvalue weighted by atomic mass is 10.1. The van der Waals surface area contributed by atoms with E-state index in [0.29, 0.717) is 11.4 Å². The van der Waals surface area contributed by atoms with Crippen molar-refractivity contribution in [2.75, 3.05) is 7.11 Å². The van der Waals surface area contributed by atoms with Gasteiger partial charge in [0.1, 0.15) is 11.4 Å². The highest BCUT2D eigenvalue weighted by atomic mass is 79.9. The Bertz CT molecular complexity index is 903. The third-order valence-corrected chi connectivity index (χ3v) is 4.16. The van der Waals surface area contributed by atoms with Crippen LogP contribution in [-0.2, 0) is 0 Å². The molecular weight excluding hydrogens is 384 g/mol. The van der Waals surface area contributed by atoms with E-state index in [1.54, 1.807) is 19.4 Å². The van der Waals surface area contributed by atoms with Gasteiger partial charge in [-0.25, -0.2) is 5.43 Å². The highest BCUT2D eigenvalue weighted by Crippen LogP contribution is 2.26. The number of H-pyrrole nitrogens is 1. The van der Waals surface area contributed by atoms with Gasteiger partial charge in [-0.1, -0.05) is 34.1 Å². The number of aromatic amines is 1. The summed E-state index contributed by atoms with van der Waals surface area (Å²) in [5, 5.41) is 10.8. The minimum Gasteiger partial charge on any atom is -0.497 e. The van der Waals surface area contributed by atoms with Crippen molar-refractivity contribution in [2.24, 2.45) is 5.10 Å². The number of hydrazone groups is 1. The number of nitrogens with zero attached hydrogens (tertiary/aromatic N) is 2. The highest BCUT2D eigenvalue weighted by Gasteiger charge is 2.11. The first-order chi connectivity index (χ1) is 12.2. The van der Waals surface area contributed by atoms with E-state index in [9.17, 15) is 4.79 Å². The summed E-state index contributed by atoms with van der Waals surface area (Å²) in [6.45, 7) is 0. The zero-order valence-electron chi connectivity index (χ0n) is 13.4. The van der Waals surface area contributed by atoms with Crippen LogP contribution >= 0.6 is 15.9 Å². The van der Waals surface area contributed by atoms with Crippen molar-refractivity contribution in [3.05, 3.63) is 70.3 Å². The molecule has 1 aromatic heterocycles. The van der Waals surface area contributed by atoms with Gasteiger partial charge in [0.25, 0.3) is 5.91 Å². The Labute approximate surface area is 153 Å². The minimum absolute atomic E-state index is 0.331. The molecule has 1 heterocycles. The summed E-state index contributed by atoms with van der Waals surface area (Å²) >= 11 is 3.47. The molecule has 0 saturated carbocycles. The fourth-order valence-electron chi connectivity index (χ4n) is 2.16. The topological polar surface area (TPSA) is 79.4 Å². The Morgan fingerprint density at radius 3 is 2.72 bits per heavy atom. The molecule has 1 amide bonds. The van der Waals surface area contributed by atoms with E-state index in [1.807, 2.05) is 48.5 Å². The van der Waals surface area contributed by atoms with Crippen molar-refractivity contribution in [1.82, 2.24) is 15.6 Å². The second-order valence-electron chi connectivity index (χ2n) is 5.12. The van der Waals surface area contributed by atoms with E-state index in [2.05, 4.69) is 36.7 Å². The fourth-order valence-corrected chi connectivity index (χ4v) is 2.65. The van der Waals surface area contributed by atoms with Crippen molar-refractivity contribution in [2.45, 2.75) is 0 Å². The Morgan fingerprint density at radius 2 is 2.00 bits per heavy atom. The molecule has 0 aliphatic carbocycles. The van der Waals surface area contributed by atoms with Crippen molar-refractivity contribution in [1.29, 1.82) is 0 Å². The smallest absolute Gasteiger partial charge is 0.289 e. The van der Waals surface area contributed by atoms with Crippen LogP contribution in [0.25, 0.3) is 11.3 Å². The number of benzene rings is 2. The van der Waals surface area contributed by atoms with Gasteiger partial charge in [-0.05, 0) is 42.0 Å². The van der Waals surface area contributed by atoms with Crippen LogP contribution in [0.15, 0.2) is 64.2 Å². The molecule has 0 atom stereocenters. The van der Waals surface area contributed by atoms with Crippen LogP contribution < -0.4 is 10.2 Å². The lowest BCUT2D eigenvalue weighted by Gasteiger charge is -1.99. The number of amides is 1. The third kappa shape index (κ3) is 4.13. The molecule has 0 saturated heterocycles. The van der Waals surface area contributed by atoms with Crippen molar-refractivity contribution < 1.29 is 9.53 Å². The SMILES string of the molecule is COc1ccc(/C=N/NC(=O)c2cc(-c3ccccc3Br)n[nH]2)cc1. The number of halogens is 1. The van der Waals surface area contributed by atoms with Crippen molar-refractivity contribution in [3.63, 3.8) is 0 Å². The average Bonchev–Trinajstić information content (AvgIpc) is 3.12. The second-order valence-corrected chi connectivity index (χ2v) is 5.97. The number of nitrogens with one attached hydrogen (secondary N) is 2. The number of hydrogen-bond donors (Lipinski definition) is 2. The molecule has 0 fully saturated rings. The quantitative estimate of drug-likeness (QED) is 0.508. The molecule has 0 aliphatic rings. The molecule has 6 nitrogen and oxygen atoms in total. The number of aromatic nitrogens is 2. The van der Waals surface area contributed by atoms with Gasteiger partial charge in [-0.3, -0.25) is 9.89 Å². The number of carbonyl (C=O) groups is 1. The van der Waals surface area contributed by atoms with Crippen molar-refractivity contribution >= 4 is 28.1 Å². The van der Waals surface area contributed by atoms with Gasteiger partial charge < -0.3 is 4.74 Å². The second kappa shape index (κ2) is 7.76. The van der Waals surface area contributed by atoms with E-state index in [4.69, 9.17) is 4.74 Å². The van der Waals surface area contributed by atoms with Crippen LogP contribution in [0.5, 0.6) is 5.75 Å². The first-order valence-corrected chi connectivity index (χ1v) is 8.24. The van der Waals surface area contributed by atoms with E-state index >= 15 is 0 Å². The van der Waals surface area contributed by atoms with E-state index in [-0.39, 0.29) is 5.91 Å². The van der Waals surface area contributed by atoms with Gasteiger partial charge in [0, 0.05) is 10.0 Å². The molecule has 2 aromatic carbocycles. The highest BCUT2D eigenvalue weighted by molar-refractivity contribution is 9.10. The van der Waals surface area contributed by atoms with Crippen LogP contribution in [0.3, 0.4) is 0 Å². The van der Waals surface area contributed by atoms with E-state index in [1.165, 1.54) is 0 Å². The fraction of sp³-hybridized carbons (Fsp3) is 0.0556. The molecule has 2 N–H and O–H groups in total.